The van der Waals surface area contributed by atoms with Gasteiger partial charge in [-0.05, 0) is 25.5 Å². The zero-order valence-electron chi connectivity index (χ0n) is 13.2. The maximum atomic E-state index is 11.9. The van der Waals surface area contributed by atoms with Crippen LogP contribution in [-0.4, -0.2) is 35.3 Å². The third-order valence-electron chi connectivity index (χ3n) is 3.42. The van der Waals surface area contributed by atoms with Crippen LogP contribution in [0, 0.1) is 6.92 Å². The monoisotopic (exact) mass is 305 g/mol. The van der Waals surface area contributed by atoms with Gasteiger partial charge in [-0.1, -0.05) is 19.4 Å². The standard InChI is InChI=1S/C16H23N3O3/c1-3-4-8-21-9-10-22-15(20)11-19-12(2)18-16-13(17)6-5-7-14(16)19/h5-7H,3-4,8-11,17H2,1-2H3. The highest BCUT2D eigenvalue weighted by molar-refractivity contribution is 5.88. The van der Waals surface area contributed by atoms with Gasteiger partial charge in [0.1, 0.15) is 24.5 Å². The molecule has 0 bridgehead atoms. The first-order valence-electron chi connectivity index (χ1n) is 7.58. The number of ether oxygens (including phenoxy) is 2. The predicted molar refractivity (Wildman–Crippen MR) is 85.6 cm³/mol. The molecule has 22 heavy (non-hydrogen) atoms. The summed E-state index contributed by atoms with van der Waals surface area (Å²) in [6.07, 6.45) is 2.12. The Balaban J connectivity index is 1.89. The lowest BCUT2D eigenvalue weighted by atomic mass is 10.3. The van der Waals surface area contributed by atoms with E-state index in [9.17, 15) is 4.79 Å². The van der Waals surface area contributed by atoms with Gasteiger partial charge in [0, 0.05) is 6.61 Å². The van der Waals surface area contributed by atoms with Crippen molar-refractivity contribution < 1.29 is 14.3 Å². The molecule has 0 aliphatic rings. The molecular formula is C16H23N3O3. The topological polar surface area (TPSA) is 79.4 Å². The number of aromatic nitrogens is 2. The lowest BCUT2D eigenvalue weighted by molar-refractivity contribution is -0.145. The van der Waals surface area contributed by atoms with E-state index in [-0.39, 0.29) is 19.1 Å². The van der Waals surface area contributed by atoms with Crippen molar-refractivity contribution in [1.29, 1.82) is 0 Å². The Bertz CT molecular complexity index is 637. The number of hydrogen-bond donors (Lipinski definition) is 1. The van der Waals surface area contributed by atoms with E-state index in [4.69, 9.17) is 15.2 Å². The molecule has 1 heterocycles. The smallest absolute Gasteiger partial charge is 0.326 e. The number of carbonyl (C=O) groups excluding carboxylic acids is 1. The summed E-state index contributed by atoms with van der Waals surface area (Å²) in [5, 5.41) is 0. The molecule has 2 N–H and O–H groups in total. The maximum absolute atomic E-state index is 11.9. The number of hydrogen-bond acceptors (Lipinski definition) is 5. The van der Waals surface area contributed by atoms with E-state index in [0.29, 0.717) is 18.9 Å². The van der Waals surface area contributed by atoms with Crippen LogP contribution >= 0.6 is 0 Å². The normalized spacial score (nSPS) is 11.0. The van der Waals surface area contributed by atoms with E-state index in [0.717, 1.165) is 29.7 Å². The Labute approximate surface area is 130 Å². The number of benzene rings is 1. The van der Waals surface area contributed by atoms with Gasteiger partial charge in [0.05, 0.1) is 17.8 Å². The van der Waals surface area contributed by atoms with Crippen molar-refractivity contribution >= 4 is 22.7 Å². The average molecular weight is 305 g/mol. The number of anilines is 1. The Morgan fingerprint density at radius 2 is 2.14 bits per heavy atom. The Morgan fingerprint density at radius 3 is 2.91 bits per heavy atom. The third kappa shape index (κ3) is 3.98. The van der Waals surface area contributed by atoms with E-state index in [2.05, 4.69) is 11.9 Å². The molecule has 1 aromatic carbocycles. The van der Waals surface area contributed by atoms with Crippen molar-refractivity contribution in [3.63, 3.8) is 0 Å². The highest BCUT2D eigenvalue weighted by atomic mass is 16.6. The fourth-order valence-corrected chi connectivity index (χ4v) is 2.22. The first-order chi connectivity index (χ1) is 10.6. The number of aryl methyl sites for hydroxylation is 1. The van der Waals surface area contributed by atoms with Crippen LogP contribution < -0.4 is 5.73 Å². The van der Waals surface area contributed by atoms with Gasteiger partial charge in [0.15, 0.2) is 0 Å². The molecule has 6 heteroatoms. The molecule has 2 rings (SSSR count). The predicted octanol–water partition coefficient (Wildman–Crippen LogP) is 2.29. The molecule has 0 aliphatic heterocycles. The number of imidazole rings is 1. The SMILES string of the molecule is CCCCOCCOC(=O)Cn1c(C)nc2c(N)cccc21. The van der Waals surface area contributed by atoms with Gasteiger partial charge in [-0.15, -0.1) is 0 Å². The number of nitrogen functional groups attached to an aromatic ring is 1. The van der Waals surface area contributed by atoms with Crippen molar-refractivity contribution in [3.8, 4) is 0 Å². The zero-order chi connectivity index (χ0) is 15.9. The second kappa shape index (κ2) is 7.79. The number of carbonyl (C=O) groups is 1. The quantitative estimate of drug-likeness (QED) is 0.460. The third-order valence-corrected chi connectivity index (χ3v) is 3.42. The lowest BCUT2D eigenvalue weighted by Gasteiger charge is -2.08. The van der Waals surface area contributed by atoms with Crippen molar-refractivity contribution in [1.82, 2.24) is 9.55 Å². The summed E-state index contributed by atoms with van der Waals surface area (Å²) in [5.74, 6) is 0.438. The van der Waals surface area contributed by atoms with Crippen LogP contribution in [0.3, 0.4) is 0 Å². The molecule has 0 saturated carbocycles. The summed E-state index contributed by atoms with van der Waals surface area (Å²) in [4.78, 5) is 16.3. The molecule has 120 valence electrons. The van der Waals surface area contributed by atoms with Crippen molar-refractivity contribution in [3.05, 3.63) is 24.0 Å². The molecule has 6 nitrogen and oxygen atoms in total. The van der Waals surface area contributed by atoms with Gasteiger partial charge in [0.2, 0.25) is 0 Å². The van der Waals surface area contributed by atoms with Crippen LogP contribution in [-0.2, 0) is 20.8 Å². The van der Waals surface area contributed by atoms with Crippen molar-refractivity contribution in [2.75, 3.05) is 25.6 Å². The number of unbranched alkanes of at least 4 members (excludes halogenated alkanes) is 1. The van der Waals surface area contributed by atoms with Gasteiger partial charge in [-0.2, -0.15) is 0 Å². The molecule has 0 amide bonds. The minimum Gasteiger partial charge on any atom is -0.462 e. The van der Waals surface area contributed by atoms with Crippen LogP contribution in [0.5, 0.6) is 0 Å². The first-order valence-corrected chi connectivity index (χ1v) is 7.58. The molecular weight excluding hydrogens is 282 g/mol. The summed E-state index contributed by atoms with van der Waals surface area (Å²) in [5.41, 5.74) is 8.07. The van der Waals surface area contributed by atoms with Gasteiger partial charge in [0.25, 0.3) is 0 Å². The minimum atomic E-state index is -0.302. The average Bonchev–Trinajstić information content (AvgIpc) is 2.81. The molecule has 0 fully saturated rings. The van der Waals surface area contributed by atoms with Crippen molar-refractivity contribution in [2.24, 2.45) is 0 Å². The van der Waals surface area contributed by atoms with Crippen LogP contribution in [0.15, 0.2) is 18.2 Å². The van der Waals surface area contributed by atoms with Gasteiger partial charge in [-0.25, -0.2) is 4.98 Å². The van der Waals surface area contributed by atoms with Crippen LogP contribution in [0.1, 0.15) is 25.6 Å². The van der Waals surface area contributed by atoms with Crippen molar-refractivity contribution in [2.45, 2.75) is 33.2 Å². The summed E-state index contributed by atoms with van der Waals surface area (Å²) in [6, 6.07) is 5.54. The number of para-hydroxylation sites is 1. The van der Waals surface area contributed by atoms with Gasteiger partial charge in [-0.3, -0.25) is 4.79 Å². The summed E-state index contributed by atoms with van der Waals surface area (Å²) < 4.78 is 12.4. The molecule has 0 spiro atoms. The second-order valence-corrected chi connectivity index (χ2v) is 5.15. The van der Waals surface area contributed by atoms with Gasteiger partial charge >= 0.3 is 5.97 Å². The summed E-state index contributed by atoms with van der Waals surface area (Å²) >= 11 is 0. The highest BCUT2D eigenvalue weighted by Gasteiger charge is 2.13. The fourth-order valence-electron chi connectivity index (χ4n) is 2.22. The second-order valence-electron chi connectivity index (χ2n) is 5.15. The fraction of sp³-hybridized carbons (Fsp3) is 0.500. The number of esters is 1. The Hall–Kier alpha value is -2.08. The highest BCUT2D eigenvalue weighted by Crippen LogP contribution is 2.21. The molecule has 0 aliphatic carbocycles. The van der Waals surface area contributed by atoms with E-state index >= 15 is 0 Å². The maximum Gasteiger partial charge on any atom is 0.326 e. The number of nitrogens with zero attached hydrogens (tertiary/aromatic N) is 2. The number of nitrogens with two attached hydrogens (primary N) is 1. The summed E-state index contributed by atoms with van der Waals surface area (Å²) in [6.45, 7) is 5.49. The van der Waals surface area contributed by atoms with Crippen LogP contribution in [0.4, 0.5) is 5.69 Å². The zero-order valence-corrected chi connectivity index (χ0v) is 13.2. The Kier molecular flexibility index (Phi) is 5.77. The number of fused-ring (bicyclic) bond motifs is 1. The van der Waals surface area contributed by atoms with E-state index in [1.165, 1.54) is 0 Å². The molecule has 1 aromatic heterocycles. The van der Waals surface area contributed by atoms with E-state index in [1.54, 1.807) is 6.07 Å². The Morgan fingerprint density at radius 1 is 1.32 bits per heavy atom. The van der Waals surface area contributed by atoms with E-state index in [1.807, 2.05) is 23.6 Å². The minimum absolute atomic E-state index is 0.126. The molecule has 0 radical (unpaired) electrons. The van der Waals surface area contributed by atoms with Crippen LogP contribution in [0.25, 0.3) is 11.0 Å². The molecule has 2 aromatic rings. The van der Waals surface area contributed by atoms with Gasteiger partial charge < -0.3 is 19.8 Å². The molecule has 0 atom stereocenters. The first kappa shape index (κ1) is 16.3. The summed E-state index contributed by atoms with van der Waals surface area (Å²) in [7, 11) is 0. The number of rotatable bonds is 8. The molecule has 0 unspecified atom stereocenters. The van der Waals surface area contributed by atoms with Crippen LogP contribution in [0.2, 0.25) is 0 Å². The lowest BCUT2D eigenvalue weighted by Crippen LogP contribution is -2.17. The van der Waals surface area contributed by atoms with E-state index < -0.39 is 0 Å². The largest absolute Gasteiger partial charge is 0.462 e. The molecule has 0 saturated heterocycles.